The van der Waals surface area contributed by atoms with E-state index in [9.17, 15) is 9.59 Å². The molecule has 1 aliphatic rings. The first kappa shape index (κ1) is 17.8. The van der Waals surface area contributed by atoms with Gasteiger partial charge in [0.25, 0.3) is 0 Å². The molecule has 130 valence electrons. The molecule has 1 fully saturated rings. The van der Waals surface area contributed by atoms with Crippen LogP contribution in [0, 0.1) is 0 Å². The summed E-state index contributed by atoms with van der Waals surface area (Å²) in [5.41, 5.74) is 2.26. The summed E-state index contributed by atoms with van der Waals surface area (Å²) in [6, 6.07) is 12.6. The van der Waals surface area contributed by atoms with Gasteiger partial charge in [-0.25, -0.2) is 0 Å². The molecule has 2 amide bonds. The van der Waals surface area contributed by atoms with E-state index in [1.165, 1.54) is 0 Å². The van der Waals surface area contributed by atoms with Gasteiger partial charge in [0.15, 0.2) is 0 Å². The van der Waals surface area contributed by atoms with Crippen molar-refractivity contribution in [2.75, 3.05) is 16.8 Å². The second-order valence-electron chi connectivity index (χ2n) is 5.95. The van der Waals surface area contributed by atoms with E-state index >= 15 is 0 Å². The molecule has 0 unspecified atom stereocenters. The number of nitrogens with one attached hydrogen (secondary N) is 1. The van der Waals surface area contributed by atoms with Crippen LogP contribution < -0.4 is 10.2 Å². The molecule has 25 heavy (non-hydrogen) atoms. The van der Waals surface area contributed by atoms with Crippen LogP contribution in [0.25, 0.3) is 0 Å². The van der Waals surface area contributed by atoms with Crippen molar-refractivity contribution < 1.29 is 9.59 Å². The summed E-state index contributed by atoms with van der Waals surface area (Å²) >= 11 is 12.3. The van der Waals surface area contributed by atoms with Crippen LogP contribution in [0.4, 0.5) is 11.4 Å². The summed E-state index contributed by atoms with van der Waals surface area (Å²) in [5.74, 6) is -0.00211. The molecule has 0 atom stereocenters. The van der Waals surface area contributed by atoms with Gasteiger partial charge in [0, 0.05) is 40.8 Å². The fraction of sp³-hybridized carbons (Fsp3) is 0.263. The third kappa shape index (κ3) is 4.33. The Morgan fingerprint density at radius 2 is 1.84 bits per heavy atom. The summed E-state index contributed by atoms with van der Waals surface area (Å²) in [5, 5.41) is 4.00. The van der Waals surface area contributed by atoms with E-state index in [1.807, 2.05) is 24.3 Å². The van der Waals surface area contributed by atoms with Crippen molar-refractivity contribution in [3.8, 4) is 0 Å². The Balaban J connectivity index is 1.62. The largest absolute Gasteiger partial charge is 0.326 e. The first-order valence-corrected chi connectivity index (χ1v) is 8.93. The lowest BCUT2D eigenvalue weighted by molar-refractivity contribution is -0.117. The minimum Gasteiger partial charge on any atom is -0.326 e. The normalized spacial score (nSPS) is 14.0. The Bertz CT molecular complexity index is 788. The maximum atomic E-state index is 12.2. The van der Waals surface area contributed by atoms with Crippen LogP contribution in [0.3, 0.4) is 0 Å². The molecule has 4 nitrogen and oxygen atoms in total. The van der Waals surface area contributed by atoms with Crippen molar-refractivity contribution in [1.82, 2.24) is 0 Å². The van der Waals surface area contributed by atoms with Crippen molar-refractivity contribution >= 4 is 46.4 Å². The van der Waals surface area contributed by atoms with E-state index in [4.69, 9.17) is 23.2 Å². The molecule has 1 heterocycles. The summed E-state index contributed by atoms with van der Waals surface area (Å²) in [4.78, 5) is 25.8. The number of nitrogens with zero attached hydrogens (tertiary/aromatic N) is 1. The molecule has 1 aliphatic heterocycles. The van der Waals surface area contributed by atoms with E-state index in [0.29, 0.717) is 28.6 Å². The molecule has 0 aliphatic carbocycles. The summed E-state index contributed by atoms with van der Waals surface area (Å²) in [7, 11) is 0. The molecule has 2 aromatic carbocycles. The highest BCUT2D eigenvalue weighted by atomic mass is 35.5. The minimum absolute atomic E-state index is 0.122. The van der Waals surface area contributed by atoms with Gasteiger partial charge in [0.05, 0.1) is 0 Å². The molecular weight excluding hydrogens is 359 g/mol. The Morgan fingerprint density at radius 1 is 1.12 bits per heavy atom. The smallest absolute Gasteiger partial charge is 0.227 e. The third-order valence-electron chi connectivity index (χ3n) is 4.18. The van der Waals surface area contributed by atoms with Gasteiger partial charge in [0.2, 0.25) is 11.8 Å². The van der Waals surface area contributed by atoms with Crippen LogP contribution in [-0.2, 0) is 16.0 Å². The van der Waals surface area contributed by atoms with Gasteiger partial charge < -0.3 is 10.2 Å². The molecule has 0 bridgehead atoms. The lowest BCUT2D eigenvalue weighted by Gasteiger charge is -2.16. The lowest BCUT2D eigenvalue weighted by atomic mass is 10.1. The van der Waals surface area contributed by atoms with Gasteiger partial charge in [-0.2, -0.15) is 0 Å². The number of halogens is 2. The Labute approximate surface area is 156 Å². The fourth-order valence-corrected chi connectivity index (χ4v) is 3.49. The Hall–Kier alpha value is -2.04. The van der Waals surface area contributed by atoms with Crippen LogP contribution in [0.2, 0.25) is 10.0 Å². The molecule has 0 spiro atoms. The lowest BCUT2D eigenvalue weighted by Crippen LogP contribution is -2.23. The molecular formula is C19H18Cl2N2O2. The van der Waals surface area contributed by atoms with Crippen LogP contribution in [0.1, 0.15) is 24.8 Å². The number of anilines is 2. The number of carbonyl (C=O) groups excluding carboxylic acids is 2. The Morgan fingerprint density at radius 3 is 2.52 bits per heavy atom. The standard InChI is InChI=1S/C19H18Cl2N2O2/c20-16-6-2-7-17(21)15(16)9-10-18(24)22-13-4-1-5-14(12-13)23-11-3-8-19(23)25/h1-2,4-7,12H,3,8-11H2,(H,22,24). The van der Waals surface area contributed by atoms with Gasteiger partial charge in [-0.1, -0.05) is 35.3 Å². The first-order valence-electron chi connectivity index (χ1n) is 8.18. The number of amides is 2. The molecule has 2 aromatic rings. The fourth-order valence-electron chi connectivity index (χ4n) is 2.91. The number of carbonyl (C=O) groups is 2. The quantitative estimate of drug-likeness (QED) is 0.822. The molecule has 3 rings (SSSR count). The number of hydrogen-bond acceptors (Lipinski definition) is 2. The second-order valence-corrected chi connectivity index (χ2v) is 6.76. The van der Waals surface area contributed by atoms with Crippen molar-refractivity contribution in [3.05, 3.63) is 58.1 Å². The molecule has 1 N–H and O–H groups in total. The summed E-state index contributed by atoms with van der Waals surface area (Å²) < 4.78 is 0. The maximum absolute atomic E-state index is 12.2. The maximum Gasteiger partial charge on any atom is 0.227 e. The van der Waals surface area contributed by atoms with E-state index in [-0.39, 0.29) is 18.2 Å². The molecule has 6 heteroatoms. The van der Waals surface area contributed by atoms with Crippen molar-refractivity contribution in [1.29, 1.82) is 0 Å². The third-order valence-corrected chi connectivity index (χ3v) is 4.89. The molecule has 0 aromatic heterocycles. The van der Waals surface area contributed by atoms with Gasteiger partial charge in [-0.05, 0) is 48.7 Å². The van der Waals surface area contributed by atoms with Gasteiger partial charge >= 0.3 is 0 Å². The van der Waals surface area contributed by atoms with Crippen LogP contribution >= 0.6 is 23.2 Å². The topological polar surface area (TPSA) is 49.4 Å². The summed E-state index contributed by atoms with van der Waals surface area (Å²) in [6.45, 7) is 0.723. The Kier molecular flexibility index (Phi) is 5.61. The second kappa shape index (κ2) is 7.89. The van der Waals surface area contributed by atoms with Crippen molar-refractivity contribution in [3.63, 3.8) is 0 Å². The first-order chi connectivity index (χ1) is 12.0. The summed E-state index contributed by atoms with van der Waals surface area (Å²) in [6.07, 6.45) is 2.19. The van der Waals surface area contributed by atoms with Crippen LogP contribution in [0.15, 0.2) is 42.5 Å². The van der Waals surface area contributed by atoms with Gasteiger partial charge in [0.1, 0.15) is 0 Å². The predicted octanol–water partition coefficient (Wildman–Crippen LogP) is 4.69. The van der Waals surface area contributed by atoms with Crippen molar-refractivity contribution in [2.24, 2.45) is 0 Å². The minimum atomic E-state index is -0.124. The van der Waals surface area contributed by atoms with E-state index in [1.54, 1.807) is 23.1 Å². The zero-order chi connectivity index (χ0) is 17.8. The molecule has 0 saturated carbocycles. The van der Waals surface area contributed by atoms with Crippen molar-refractivity contribution in [2.45, 2.75) is 25.7 Å². The van der Waals surface area contributed by atoms with Crippen LogP contribution in [0.5, 0.6) is 0 Å². The predicted molar refractivity (Wildman–Crippen MR) is 101 cm³/mol. The van der Waals surface area contributed by atoms with E-state index < -0.39 is 0 Å². The number of benzene rings is 2. The monoisotopic (exact) mass is 376 g/mol. The van der Waals surface area contributed by atoms with E-state index in [2.05, 4.69) is 5.32 Å². The van der Waals surface area contributed by atoms with Crippen LogP contribution in [-0.4, -0.2) is 18.4 Å². The highest BCUT2D eigenvalue weighted by molar-refractivity contribution is 6.36. The highest BCUT2D eigenvalue weighted by Crippen LogP contribution is 2.26. The average molecular weight is 377 g/mol. The van der Waals surface area contributed by atoms with Gasteiger partial charge in [-0.15, -0.1) is 0 Å². The average Bonchev–Trinajstić information content (AvgIpc) is 3.01. The highest BCUT2D eigenvalue weighted by Gasteiger charge is 2.21. The van der Waals surface area contributed by atoms with E-state index in [0.717, 1.165) is 24.2 Å². The zero-order valence-electron chi connectivity index (χ0n) is 13.6. The molecule has 1 saturated heterocycles. The number of rotatable bonds is 5. The molecule has 0 radical (unpaired) electrons. The number of hydrogen-bond donors (Lipinski definition) is 1. The zero-order valence-corrected chi connectivity index (χ0v) is 15.1. The SMILES string of the molecule is O=C(CCc1c(Cl)cccc1Cl)Nc1cccc(N2CCCC2=O)c1. The van der Waals surface area contributed by atoms with Gasteiger partial charge in [-0.3, -0.25) is 9.59 Å².